The van der Waals surface area contributed by atoms with E-state index in [9.17, 15) is 13.2 Å². The predicted octanol–water partition coefficient (Wildman–Crippen LogP) is 3.44. The standard InChI is InChI=1S/C25H35N3O4S/c1-20-8-10-24(11-9-20)33(30,31)28(22-6-4-7-23(18-22)32-3)19-25(29)26-14-5-15-27-16-12-21(2)13-17-27/h4,6-11,18,21H,5,12-17,19H2,1-3H3,(H,26,29). The van der Waals surface area contributed by atoms with Crippen LogP contribution in [0.5, 0.6) is 5.75 Å². The van der Waals surface area contributed by atoms with Crippen LogP contribution in [0.25, 0.3) is 0 Å². The van der Waals surface area contributed by atoms with Crippen molar-refractivity contribution in [3.63, 3.8) is 0 Å². The third kappa shape index (κ3) is 6.95. The maximum atomic E-state index is 13.4. The second kappa shape index (κ2) is 11.5. The van der Waals surface area contributed by atoms with Gasteiger partial charge in [0.2, 0.25) is 5.91 Å². The third-order valence-corrected chi connectivity index (χ3v) is 7.88. The summed E-state index contributed by atoms with van der Waals surface area (Å²) in [5.74, 6) is 0.979. The predicted molar refractivity (Wildman–Crippen MR) is 131 cm³/mol. The third-order valence-electron chi connectivity index (χ3n) is 6.09. The highest BCUT2D eigenvalue weighted by atomic mass is 32.2. The van der Waals surface area contributed by atoms with Crippen molar-refractivity contribution in [2.24, 2.45) is 5.92 Å². The summed E-state index contributed by atoms with van der Waals surface area (Å²) in [6, 6.07) is 13.4. The van der Waals surface area contributed by atoms with Crippen LogP contribution < -0.4 is 14.4 Å². The molecule has 0 saturated carbocycles. The van der Waals surface area contributed by atoms with E-state index in [1.165, 1.54) is 20.0 Å². The van der Waals surface area contributed by atoms with Gasteiger partial charge in [-0.3, -0.25) is 9.10 Å². The molecular weight excluding hydrogens is 438 g/mol. The number of ether oxygens (including phenoxy) is 1. The van der Waals surface area contributed by atoms with E-state index in [2.05, 4.69) is 17.1 Å². The summed E-state index contributed by atoms with van der Waals surface area (Å²) in [5.41, 5.74) is 1.34. The van der Waals surface area contributed by atoms with Crippen LogP contribution in [-0.4, -0.2) is 59.1 Å². The Kier molecular flexibility index (Phi) is 8.74. The lowest BCUT2D eigenvalue weighted by molar-refractivity contribution is -0.119. The van der Waals surface area contributed by atoms with E-state index < -0.39 is 10.0 Å². The van der Waals surface area contributed by atoms with Gasteiger partial charge in [-0.1, -0.05) is 30.7 Å². The Morgan fingerprint density at radius 1 is 1.15 bits per heavy atom. The SMILES string of the molecule is COc1cccc(N(CC(=O)NCCCN2CCC(C)CC2)S(=O)(=O)c2ccc(C)cc2)c1. The number of aryl methyl sites for hydroxylation is 1. The fourth-order valence-electron chi connectivity index (χ4n) is 3.92. The van der Waals surface area contributed by atoms with Gasteiger partial charge in [0.05, 0.1) is 17.7 Å². The number of likely N-dealkylation sites (tertiary alicyclic amines) is 1. The molecule has 0 unspecified atom stereocenters. The number of benzene rings is 2. The van der Waals surface area contributed by atoms with E-state index in [4.69, 9.17) is 4.74 Å². The van der Waals surface area contributed by atoms with E-state index in [0.717, 1.165) is 41.8 Å². The number of piperidine rings is 1. The van der Waals surface area contributed by atoms with Gasteiger partial charge in [-0.2, -0.15) is 0 Å². The van der Waals surface area contributed by atoms with Gasteiger partial charge in [0, 0.05) is 12.6 Å². The molecule has 2 aromatic rings. The van der Waals surface area contributed by atoms with Crippen LogP contribution in [-0.2, 0) is 14.8 Å². The van der Waals surface area contributed by atoms with Crippen LogP contribution in [0, 0.1) is 12.8 Å². The van der Waals surface area contributed by atoms with E-state index in [1.54, 1.807) is 48.5 Å². The quantitative estimate of drug-likeness (QED) is 0.535. The molecule has 0 atom stereocenters. The fraction of sp³-hybridized carbons (Fsp3) is 0.480. The minimum Gasteiger partial charge on any atom is -0.497 e. The summed E-state index contributed by atoms with van der Waals surface area (Å²) in [6.45, 7) is 7.55. The Balaban J connectivity index is 1.67. The van der Waals surface area contributed by atoms with Gasteiger partial charge in [-0.25, -0.2) is 8.42 Å². The maximum Gasteiger partial charge on any atom is 0.264 e. The van der Waals surface area contributed by atoms with Gasteiger partial charge in [0.1, 0.15) is 12.3 Å². The van der Waals surface area contributed by atoms with Gasteiger partial charge in [-0.05, 0) is 76.0 Å². The summed E-state index contributed by atoms with van der Waals surface area (Å²) in [6.07, 6.45) is 3.28. The van der Waals surface area contributed by atoms with Crippen LogP contribution >= 0.6 is 0 Å². The summed E-state index contributed by atoms with van der Waals surface area (Å²) >= 11 is 0. The van der Waals surface area contributed by atoms with Gasteiger partial charge in [0.25, 0.3) is 10.0 Å². The molecule has 33 heavy (non-hydrogen) atoms. The van der Waals surface area contributed by atoms with Crippen molar-refractivity contribution in [3.05, 3.63) is 54.1 Å². The number of carbonyl (C=O) groups is 1. The number of sulfonamides is 1. The molecule has 1 amide bonds. The minimum atomic E-state index is -3.94. The fourth-order valence-corrected chi connectivity index (χ4v) is 5.33. The number of hydrogen-bond donors (Lipinski definition) is 1. The molecule has 0 aliphatic carbocycles. The van der Waals surface area contributed by atoms with Crippen molar-refractivity contribution in [2.45, 2.75) is 38.0 Å². The van der Waals surface area contributed by atoms with Crippen molar-refractivity contribution < 1.29 is 17.9 Å². The molecular formula is C25H35N3O4S. The molecule has 3 rings (SSSR count). The first kappa shape index (κ1) is 25.1. The van der Waals surface area contributed by atoms with Crippen molar-refractivity contribution >= 4 is 21.6 Å². The summed E-state index contributed by atoms with van der Waals surface area (Å²) < 4.78 is 33.3. The van der Waals surface area contributed by atoms with Crippen molar-refractivity contribution in [2.75, 3.05) is 44.1 Å². The average molecular weight is 474 g/mol. The minimum absolute atomic E-state index is 0.142. The summed E-state index contributed by atoms with van der Waals surface area (Å²) in [5, 5.41) is 2.89. The molecule has 1 fully saturated rings. The second-order valence-corrected chi connectivity index (χ2v) is 10.6. The Morgan fingerprint density at radius 2 is 1.85 bits per heavy atom. The van der Waals surface area contributed by atoms with Crippen LogP contribution in [0.15, 0.2) is 53.4 Å². The largest absolute Gasteiger partial charge is 0.497 e. The molecule has 180 valence electrons. The number of nitrogens with one attached hydrogen (secondary N) is 1. The number of carbonyl (C=O) groups excluding carboxylic acids is 1. The van der Waals surface area contributed by atoms with Crippen molar-refractivity contribution in [1.82, 2.24) is 10.2 Å². The van der Waals surface area contributed by atoms with Crippen molar-refractivity contribution in [3.8, 4) is 5.75 Å². The maximum absolute atomic E-state index is 13.4. The molecule has 0 spiro atoms. The molecule has 8 heteroatoms. The van der Waals surface area contributed by atoms with E-state index in [-0.39, 0.29) is 17.3 Å². The van der Waals surface area contributed by atoms with Gasteiger partial charge in [0.15, 0.2) is 0 Å². The summed E-state index contributed by atoms with van der Waals surface area (Å²) in [7, 11) is -2.41. The molecule has 1 saturated heterocycles. The zero-order valence-corrected chi connectivity index (χ0v) is 20.6. The highest BCUT2D eigenvalue weighted by molar-refractivity contribution is 7.92. The smallest absolute Gasteiger partial charge is 0.264 e. The lowest BCUT2D eigenvalue weighted by Crippen LogP contribution is -2.42. The number of nitrogens with zero attached hydrogens (tertiary/aromatic N) is 2. The number of anilines is 1. The normalized spacial score (nSPS) is 15.2. The van der Waals surface area contributed by atoms with E-state index in [0.29, 0.717) is 18.0 Å². The second-order valence-electron chi connectivity index (χ2n) is 8.75. The zero-order valence-electron chi connectivity index (χ0n) is 19.8. The monoisotopic (exact) mass is 473 g/mol. The number of rotatable bonds is 10. The molecule has 1 N–H and O–H groups in total. The molecule has 7 nitrogen and oxygen atoms in total. The summed E-state index contributed by atoms with van der Waals surface area (Å²) in [4.78, 5) is 15.3. The van der Waals surface area contributed by atoms with E-state index in [1.807, 2.05) is 6.92 Å². The first-order valence-corrected chi connectivity index (χ1v) is 13.0. The van der Waals surface area contributed by atoms with E-state index >= 15 is 0 Å². The average Bonchev–Trinajstić information content (AvgIpc) is 2.81. The zero-order chi connectivity index (χ0) is 23.8. The lowest BCUT2D eigenvalue weighted by Gasteiger charge is -2.30. The highest BCUT2D eigenvalue weighted by Crippen LogP contribution is 2.27. The molecule has 1 aliphatic heterocycles. The Hall–Kier alpha value is -2.58. The molecule has 0 radical (unpaired) electrons. The Labute approximate surface area is 197 Å². The topological polar surface area (TPSA) is 79.0 Å². The highest BCUT2D eigenvalue weighted by Gasteiger charge is 2.27. The number of methoxy groups -OCH3 is 1. The molecule has 1 heterocycles. The molecule has 0 aromatic heterocycles. The van der Waals surface area contributed by atoms with Crippen LogP contribution in [0.4, 0.5) is 5.69 Å². The molecule has 1 aliphatic rings. The Bertz CT molecular complexity index is 1020. The van der Waals surface area contributed by atoms with Gasteiger partial charge >= 0.3 is 0 Å². The van der Waals surface area contributed by atoms with Crippen molar-refractivity contribution in [1.29, 1.82) is 0 Å². The molecule has 0 bridgehead atoms. The first-order valence-electron chi connectivity index (χ1n) is 11.5. The first-order chi connectivity index (χ1) is 15.8. The number of amides is 1. The number of hydrogen-bond acceptors (Lipinski definition) is 5. The lowest BCUT2D eigenvalue weighted by atomic mass is 9.99. The van der Waals surface area contributed by atoms with Gasteiger partial charge < -0.3 is 15.0 Å². The molecule has 2 aromatic carbocycles. The Morgan fingerprint density at radius 3 is 2.52 bits per heavy atom. The van der Waals surface area contributed by atoms with Crippen LogP contribution in [0.1, 0.15) is 31.7 Å². The van der Waals surface area contributed by atoms with Crippen LogP contribution in [0.3, 0.4) is 0 Å². The van der Waals surface area contributed by atoms with Gasteiger partial charge in [-0.15, -0.1) is 0 Å². The van der Waals surface area contributed by atoms with Crippen LogP contribution in [0.2, 0.25) is 0 Å².